The molecule has 22 aromatic rings. The van der Waals surface area contributed by atoms with E-state index in [2.05, 4.69) is 413 Å². The van der Waals surface area contributed by atoms with E-state index >= 15 is 0 Å². The van der Waals surface area contributed by atoms with Gasteiger partial charge in [-0.05, 0) is 228 Å². The highest BCUT2D eigenvalue weighted by atomic mass is 15.0. The number of hydrogen-bond acceptors (Lipinski definition) is 1. The summed E-state index contributed by atoms with van der Waals surface area (Å²) in [4.78, 5) is 0. The smallest absolute Gasteiger partial charge is 0.0992 e. The molecule has 0 atom stereocenters. The number of aromatic nitrogens is 4. The molecule has 0 aliphatic heterocycles. The monoisotopic (exact) mass is 1400 g/mol. The van der Waals surface area contributed by atoms with Crippen molar-refractivity contribution in [3.05, 3.63) is 412 Å². The summed E-state index contributed by atoms with van der Waals surface area (Å²) in [5.41, 5.74) is 28.9. The van der Waals surface area contributed by atoms with Gasteiger partial charge >= 0.3 is 0 Å². The molecule has 0 spiro atoms. The van der Waals surface area contributed by atoms with Crippen molar-refractivity contribution in [2.24, 2.45) is 0 Å². The van der Waals surface area contributed by atoms with Crippen LogP contribution in [0.3, 0.4) is 0 Å². The Hall–Kier alpha value is -14.8. The third kappa shape index (κ3) is 10.9. The Balaban J connectivity index is 0.000000140. The SMILES string of the molecule is N#Cc1cccc(-n2c3ccc(-c4ccccc4)cc3c3cc(-c4ccc(-c5ccc6c(c5)c5cc(-c7ccccc7)ccc5n6-c5ccccc5)cc4)ccc32)c1.c1ccc2cc(-n3c4ccccc4c4cc(-c5ccc(-c6ccc7c(c6)c6ccccc6n7-c6ccc7ccccc7c6)cc5)ccc43)ccc2c1. The molecule has 0 aliphatic rings. The zero-order chi connectivity index (χ0) is 72.8. The summed E-state index contributed by atoms with van der Waals surface area (Å²) in [5, 5.41) is 24.6. The topological polar surface area (TPSA) is 43.5 Å². The van der Waals surface area contributed by atoms with Gasteiger partial charge in [-0.2, -0.15) is 5.26 Å². The highest BCUT2D eigenvalue weighted by Gasteiger charge is 2.21. The summed E-state index contributed by atoms with van der Waals surface area (Å²) in [6, 6.07) is 149. The van der Waals surface area contributed by atoms with E-state index in [0.29, 0.717) is 5.56 Å². The average molecular weight is 1400 g/mol. The van der Waals surface area contributed by atoms with Gasteiger partial charge in [-0.3, -0.25) is 0 Å². The molecule has 0 N–H and O–H groups in total. The fraction of sp³-hybridized carbons (Fsp3) is 0. The highest BCUT2D eigenvalue weighted by Crippen LogP contribution is 2.43. The summed E-state index contributed by atoms with van der Waals surface area (Å²) in [5.74, 6) is 0. The van der Waals surface area contributed by atoms with Gasteiger partial charge in [0.05, 0.1) is 55.8 Å². The molecule has 0 aliphatic carbocycles. The highest BCUT2D eigenvalue weighted by molar-refractivity contribution is 6.15. The Kier molecular flexibility index (Phi) is 15.2. The molecular weight excluding hydrogens is 1330 g/mol. The Morgan fingerprint density at radius 3 is 0.764 bits per heavy atom. The minimum atomic E-state index is 0.642. The third-order valence-electron chi connectivity index (χ3n) is 22.4. The second-order valence-electron chi connectivity index (χ2n) is 28.7. The van der Waals surface area contributed by atoms with Crippen molar-refractivity contribution < 1.29 is 0 Å². The first kappa shape index (κ1) is 63.6. The quantitative estimate of drug-likeness (QED) is 0.135. The van der Waals surface area contributed by atoms with Crippen LogP contribution in [0.1, 0.15) is 5.56 Å². The normalized spacial score (nSPS) is 11.6. The van der Waals surface area contributed by atoms with Crippen molar-refractivity contribution in [1.82, 2.24) is 18.3 Å². The molecule has 22 rings (SSSR count). The lowest BCUT2D eigenvalue weighted by Gasteiger charge is -2.10. The van der Waals surface area contributed by atoms with Gasteiger partial charge in [-0.25, -0.2) is 0 Å². The lowest BCUT2D eigenvalue weighted by atomic mass is 9.97. The number of rotatable bonds is 10. The number of nitrogens with zero attached hydrogens (tertiary/aromatic N) is 5. The molecule has 5 heteroatoms. The lowest BCUT2D eigenvalue weighted by molar-refractivity contribution is 1.18. The van der Waals surface area contributed by atoms with Gasteiger partial charge in [0.25, 0.3) is 0 Å². The first-order valence-corrected chi connectivity index (χ1v) is 37.6. The molecule has 0 fully saturated rings. The maximum atomic E-state index is 9.73. The fourth-order valence-corrected chi connectivity index (χ4v) is 17.1. The van der Waals surface area contributed by atoms with Crippen molar-refractivity contribution in [3.8, 4) is 95.6 Å². The zero-order valence-corrected chi connectivity index (χ0v) is 59.9. The Morgan fingerprint density at radius 1 is 0.155 bits per heavy atom. The molecular formula is C105H67N5. The molecule has 0 saturated carbocycles. The van der Waals surface area contributed by atoms with Gasteiger partial charge in [0.15, 0.2) is 0 Å². The first-order valence-electron chi connectivity index (χ1n) is 37.6. The minimum absolute atomic E-state index is 0.642. The maximum absolute atomic E-state index is 9.73. The predicted octanol–water partition coefficient (Wildman–Crippen LogP) is 27.9. The number of hydrogen-bond donors (Lipinski definition) is 0. The number of nitriles is 1. The van der Waals surface area contributed by atoms with Gasteiger partial charge in [-0.1, -0.05) is 267 Å². The van der Waals surface area contributed by atoms with E-state index in [4.69, 9.17) is 0 Å². The van der Waals surface area contributed by atoms with Crippen LogP contribution in [0, 0.1) is 11.3 Å². The van der Waals surface area contributed by atoms with Crippen LogP contribution in [0.4, 0.5) is 0 Å². The van der Waals surface area contributed by atoms with Crippen molar-refractivity contribution in [3.63, 3.8) is 0 Å². The van der Waals surface area contributed by atoms with Crippen molar-refractivity contribution in [1.29, 1.82) is 5.26 Å². The van der Waals surface area contributed by atoms with E-state index in [-0.39, 0.29) is 0 Å². The minimum Gasteiger partial charge on any atom is -0.309 e. The standard InChI is InChI=1S/C55H35N3.C50H32N2/c56-36-37-11-10-18-47(31-37)58-54-29-24-43(39-14-6-2-7-15-39)33-50(54)51-35-45(26-30-55(51)58)41-21-19-40(20-22-41)44-25-28-53-49(34-44)48-32-42(38-12-4-1-5-13-38)23-27-52(48)57(53)46-16-8-3-9-17-46;1-3-11-37-29-41(25-21-33(37)9-1)51-47-15-7-5-13-43(47)45-31-39(23-27-49(45)51)35-17-19-36(20-18-35)40-24-28-50-46(32-40)44-14-6-8-16-48(44)52(50)42-26-22-34-10-2-4-12-38(34)30-42/h1-35H;1-32H. The van der Waals surface area contributed by atoms with Crippen LogP contribution in [0.2, 0.25) is 0 Å². The molecule has 512 valence electrons. The largest absolute Gasteiger partial charge is 0.309 e. The molecule has 0 amide bonds. The number of benzene rings is 18. The van der Waals surface area contributed by atoms with Crippen LogP contribution in [-0.4, -0.2) is 18.3 Å². The Labute approximate surface area is 635 Å². The zero-order valence-electron chi connectivity index (χ0n) is 59.9. The summed E-state index contributed by atoms with van der Waals surface area (Å²) in [6.07, 6.45) is 0. The molecule has 0 radical (unpaired) electrons. The second-order valence-corrected chi connectivity index (χ2v) is 28.7. The van der Waals surface area contributed by atoms with E-state index in [9.17, 15) is 5.26 Å². The van der Waals surface area contributed by atoms with E-state index in [1.807, 2.05) is 18.2 Å². The van der Waals surface area contributed by atoms with Gasteiger partial charge in [0.1, 0.15) is 0 Å². The Morgan fingerprint density at radius 2 is 0.409 bits per heavy atom. The molecule has 0 saturated heterocycles. The molecule has 0 bridgehead atoms. The van der Waals surface area contributed by atoms with Crippen LogP contribution < -0.4 is 0 Å². The molecule has 4 heterocycles. The first-order chi connectivity index (χ1) is 54.5. The summed E-state index contributed by atoms with van der Waals surface area (Å²) >= 11 is 0. The van der Waals surface area contributed by atoms with E-state index in [1.54, 1.807) is 0 Å². The predicted molar refractivity (Wildman–Crippen MR) is 463 cm³/mol. The van der Waals surface area contributed by atoms with Gasteiger partial charge in [-0.15, -0.1) is 0 Å². The summed E-state index contributed by atoms with van der Waals surface area (Å²) < 4.78 is 9.46. The van der Waals surface area contributed by atoms with Crippen molar-refractivity contribution >= 4 is 109 Å². The molecule has 18 aromatic carbocycles. The molecule has 110 heavy (non-hydrogen) atoms. The molecule has 0 unspecified atom stereocenters. The third-order valence-corrected chi connectivity index (χ3v) is 22.4. The van der Waals surface area contributed by atoms with E-state index in [1.165, 1.54) is 165 Å². The Bertz CT molecular complexity index is 7220. The second kappa shape index (κ2) is 26.3. The van der Waals surface area contributed by atoms with Crippen LogP contribution in [0.5, 0.6) is 0 Å². The number of fused-ring (bicyclic) bond motifs is 14. The van der Waals surface area contributed by atoms with Crippen molar-refractivity contribution in [2.45, 2.75) is 0 Å². The van der Waals surface area contributed by atoms with Gasteiger partial charge < -0.3 is 18.3 Å². The molecule has 4 aromatic heterocycles. The maximum Gasteiger partial charge on any atom is 0.0992 e. The average Bonchev–Trinajstić information content (AvgIpc) is 1.60. The van der Waals surface area contributed by atoms with Crippen LogP contribution >= 0.6 is 0 Å². The van der Waals surface area contributed by atoms with E-state index in [0.717, 1.165) is 33.5 Å². The summed E-state index contributed by atoms with van der Waals surface area (Å²) in [7, 11) is 0. The van der Waals surface area contributed by atoms with Crippen LogP contribution in [-0.2, 0) is 0 Å². The summed E-state index contributed by atoms with van der Waals surface area (Å²) in [6.45, 7) is 0. The van der Waals surface area contributed by atoms with Gasteiger partial charge in [0, 0.05) is 65.8 Å². The fourth-order valence-electron chi connectivity index (χ4n) is 17.1. The number of para-hydroxylation sites is 3. The van der Waals surface area contributed by atoms with Crippen molar-refractivity contribution in [2.75, 3.05) is 0 Å². The molecule has 5 nitrogen and oxygen atoms in total. The van der Waals surface area contributed by atoms with Crippen LogP contribution in [0.15, 0.2) is 406 Å². The van der Waals surface area contributed by atoms with Crippen LogP contribution in [0.25, 0.3) is 198 Å². The lowest BCUT2D eigenvalue weighted by Crippen LogP contribution is -1.94. The van der Waals surface area contributed by atoms with Gasteiger partial charge in [0.2, 0.25) is 0 Å². The van der Waals surface area contributed by atoms with E-state index < -0.39 is 0 Å².